The summed E-state index contributed by atoms with van der Waals surface area (Å²) in [7, 11) is 0. The van der Waals surface area contributed by atoms with Gasteiger partial charge in [0.25, 0.3) is 0 Å². The largest absolute Gasteiger partial charge is 0.478 e. The van der Waals surface area contributed by atoms with Crippen molar-refractivity contribution in [3.63, 3.8) is 0 Å². The summed E-state index contributed by atoms with van der Waals surface area (Å²) in [4.78, 5) is 12.1. The zero-order valence-electron chi connectivity index (χ0n) is 10.1. The molecular formula is C13H17NO2S. The predicted molar refractivity (Wildman–Crippen MR) is 70.9 cm³/mol. The van der Waals surface area contributed by atoms with E-state index in [1.54, 1.807) is 0 Å². The molecular weight excluding hydrogens is 234 g/mol. The van der Waals surface area contributed by atoms with Crippen molar-refractivity contribution in [2.45, 2.75) is 18.2 Å². The number of hydrogen-bond donors (Lipinski definition) is 2. The highest BCUT2D eigenvalue weighted by molar-refractivity contribution is 7.98. The number of rotatable bonds is 5. The van der Waals surface area contributed by atoms with Gasteiger partial charge in [0.15, 0.2) is 0 Å². The van der Waals surface area contributed by atoms with E-state index < -0.39 is 5.97 Å². The summed E-state index contributed by atoms with van der Waals surface area (Å²) in [6.45, 7) is 3.10. The standard InChI is InChI=1S/C13H17NO2S/c1-8-6-9(8)7-14-10-4-3-5-11(17-2)12(10)13(15)16/h3-5,8-9,14H,6-7H2,1-2H3,(H,15,16). The Labute approximate surface area is 106 Å². The molecule has 1 saturated carbocycles. The Kier molecular flexibility index (Phi) is 3.62. The second-order valence-corrected chi connectivity index (χ2v) is 5.39. The molecule has 0 aromatic heterocycles. The zero-order chi connectivity index (χ0) is 12.4. The Balaban J connectivity index is 2.16. The third-order valence-corrected chi connectivity index (χ3v) is 4.07. The van der Waals surface area contributed by atoms with E-state index in [9.17, 15) is 9.90 Å². The predicted octanol–water partition coefficient (Wildman–Crippen LogP) is 3.17. The molecule has 1 aliphatic rings. The summed E-state index contributed by atoms with van der Waals surface area (Å²) in [6, 6.07) is 5.59. The van der Waals surface area contributed by atoms with Crippen molar-refractivity contribution in [1.29, 1.82) is 0 Å². The lowest BCUT2D eigenvalue weighted by Gasteiger charge is -2.12. The summed E-state index contributed by atoms with van der Waals surface area (Å²) in [5.41, 5.74) is 1.14. The van der Waals surface area contributed by atoms with Crippen LogP contribution in [-0.2, 0) is 0 Å². The number of aromatic carboxylic acids is 1. The van der Waals surface area contributed by atoms with Crippen LogP contribution in [0.2, 0.25) is 0 Å². The van der Waals surface area contributed by atoms with Gasteiger partial charge < -0.3 is 10.4 Å². The van der Waals surface area contributed by atoms with Crippen LogP contribution in [-0.4, -0.2) is 23.9 Å². The molecule has 0 spiro atoms. The van der Waals surface area contributed by atoms with Crippen molar-refractivity contribution < 1.29 is 9.90 Å². The van der Waals surface area contributed by atoms with E-state index in [1.807, 2.05) is 24.5 Å². The molecule has 0 heterocycles. The Morgan fingerprint density at radius 3 is 2.82 bits per heavy atom. The van der Waals surface area contributed by atoms with Gasteiger partial charge in [-0.2, -0.15) is 0 Å². The van der Waals surface area contributed by atoms with Crippen LogP contribution in [0.5, 0.6) is 0 Å². The lowest BCUT2D eigenvalue weighted by Crippen LogP contribution is -2.10. The van der Waals surface area contributed by atoms with Crippen LogP contribution in [0.25, 0.3) is 0 Å². The van der Waals surface area contributed by atoms with E-state index in [1.165, 1.54) is 18.2 Å². The van der Waals surface area contributed by atoms with Crippen LogP contribution in [0.1, 0.15) is 23.7 Å². The number of carboxylic acid groups (broad SMARTS) is 1. The van der Waals surface area contributed by atoms with Gasteiger partial charge in [0.1, 0.15) is 0 Å². The first kappa shape index (κ1) is 12.3. The van der Waals surface area contributed by atoms with Gasteiger partial charge in [-0.05, 0) is 36.6 Å². The van der Waals surface area contributed by atoms with Gasteiger partial charge in [-0.25, -0.2) is 4.79 Å². The maximum absolute atomic E-state index is 11.3. The highest BCUT2D eigenvalue weighted by Crippen LogP contribution is 2.38. The van der Waals surface area contributed by atoms with Crippen molar-refractivity contribution in [1.82, 2.24) is 0 Å². The second-order valence-electron chi connectivity index (χ2n) is 4.54. The van der Waals surface area contributed by atoms with Gasteiger partial charge in [-0.15, -0.1) is 11.8 Å². The van der Waals surface area contributed by atoms with Crippen LogP contribution in [0.15, 0.2) is 23.1 Å². The first-order chi connectivity index (χ1) is 8.13. The number of carbonyl (C=O) groups is 1. The normalized spacial score (nSPS) is 22.2. The molecule has 3 nitrogen and oxygen atoms in total. The van der Waals surface area contributed by atoms with Crippen LogP contribution in [0.4, 0.5) is 5.69 Å². The van der Waals surface area contributed by atoms with Gasteiger partial charge in [0, 0.05) is 17.1 Å². The van der Waals surface area contributed by atoms with Crippen LogP contribution < -0.4 is 5.32 Å². The molecule has 92 valence electrons. The van der Waals surface area contributed by atoms with E-state index in [4.69, 9.17) is 0 Å². The first-order valence-electron chi connectivity index (χ1n) is 5.77. The van der Waals surface area contributed by atoms with Crippen LogP contribution in [0, 0.1) is 11.8 Å². The number of carboxylic acids is 1. The first-order valence-corrected chi connectivity index (χ1v) is 7.00. The molecule has 2 N–H and O–H groups in total. The summed E-state index contributed by atoms with van der Waals surface area (Å²) in [6.07, 6.45) is 3.14. The topological polar surface area (TPSA) is 49.3 Å². The third kappa shape index (κ3) is 2.75. The smallest absolute Gasteiger partial charge is 0.338 e. The maximum Gasteiger partial charge on any atom is 0.338 e. The van der Waals surface area contributed by atoms with Crippen LogP contribution in [0.3, 0.4) is 0 Å². The molecule has 0 aliphatic heterocycles. The highest BCUT2D eigenvalue weighted by Gasteiger charge is 2.32. The Morgan fingerprint density at radius 2 is 2.29 bits per heavy atom. The SMILES string of the molecule is CSc1cccc(NCC2CC2C)c1C(=O)O. The molecule has 17 heavy (non-hydrogen) atoms. The van der Waals surface area contributed by atoms with Gasteiger partial charge in [0.2, 0.25) is 0 Å². The monoisotopic (exact) mass is 251 g/mol. The van der Waals surface area contributed by atoms with Gasteiger partial charge in [-0.1, -0.05) is 13.0 Å². The average molecular weight is 251 g/mol. The minimum absolute atomic E-state index is 0.397. The van der Waals surface area contributed by atoms with Gasteiger partial charge in [0.05, 0.1) is 5.56 Å². The van der Waals surface area contributed by atoms with E-state index in [2.05, 4.69) is 12.2 Å². The minimum atomic E-state index is -0.860. The molecule has 0 amide bonds. The van der Waals surface area contributed by atoms with Gasteiger partial charge in [-0.3, -0.25) is 0 Å². The summed E-state index contributed by atoms with van der Waals surface area (Å²) >= 11 is 1.47. The van der Waals surface area contributed by atoms with Crippen molar-refractivity contribution in [3.8, 4) is 0 Å². The fourth-order valence-corrected chi connectivity index (χ4v) is 2.61. The number of thioether (sulfide) groups is 1. The summed E-state index contributed by atoms with van der Waals surface area (Å²) < 4.78 is 0. The van der Waals surface area contributed by atoms with E-state index in [0.717, 1.165) is 23.0 Å². The minimum Gasteiger partial charge on any atom is -0.478 e. The number of nitrogens with one attached hydrogen (secondary N) is 1. The molecule has 1 fully saturated rings. The average Bonchev–Trinajstić information content (AvgIpc) is 3.01. The molecule has 0 saturated heterocycles. The molecule has 1 aromatic rings. The second kappa shape index (κ2) is 5.00. The Morgan fingerprint density at radius 1 is 1.59 bits per heavy atom. The van der Waals surface area contributed by atoms with E-state index in [0.29, 0.717) is 11.5 Å². The maximum atomic E-state index is 11.3. The Bertz CT molecular complexity index is 433. The molecule has 1 aliphatic carbocycles. The fraction of sp³-hybridized carbons (Fsp3) is 0.462. The number of hydrogen-bond acceptors (Lipinski definition) is 3. The summed E-state index contributed by atoms with van der Waals surface area (Å²) in [5, 5.41) is 12.5. The molecule has 2 unspecified atom stereocenters. The van der Waals surface area contributed by atoms with Crippen molar-refractivity contribution in [3.05, 3.63) is 23.8 Å². The molecule has 0 radical (unpaired) electrons. The lowest BCUT2D eigenvalue weighted by molar-refractivity contribution is 0.0694. The summed E-state index contributed by atoms with van der Waals surface area (Å²) in [5.74, 6) is 0.621. The highest BCUT2D eigenvalue weighted by atomic mass is 32.2. The van der Waals surface area contributed by atoms with Crippen molar-refractivity contribution in [2.24, 2.45) is 11.8 Å². The van der Waals surface area contributed by atoms with Crippen molar-refractivity contribution >= 4 is 23.4 Å². The number of benzene rings is 1. The molecule has 4 heteroatoms. The Hall–Kier alpha value is -1.16. The zero-order valence-corrected chi connectivity index (χ0v) is 10.9. The molecule has 2 rings (SSSR count). The lowest BCUT2D eigenvalue weighted by atomic mass is 10.1. The molecule has 2 atom stereocenters. The molecule has 0 bridgehead atoms. The number of anilines is 1. The van der Waals surface area contributed by atoms with Crippen molar-refractivity contribution in [2.75, 3.05) is 18.1 Å². The van der Waals surface area contributed by atoms with E-state index >= 15 is 0 Å². The van der Waals surface area contributed by atoms with E-state index in [-0.39, 0.29) is 0 Å². The van der Waals surface area contributed by atoms with Crippen LogP contribution >= 0.6 is 11.8 Å². The molecule has 1 aromatic carbocycles. The van der Waals surface area contributed by atoms with Gasteiger partial charge >= 0.3 is 5.97 Å². The third-order valence-electron chi connectivity index (χ3n) is 3.29. The fourth-order valence-electron chi connectivity index (χ4n) is 1.99. The quantitative estimate of drug-likeness (QED) is 0.789.